The van der Waals surface area contributed by atoms with Gasteiger partial charge in [-0.15, -0.1) is 0 Å². The molecule has 2 aromatic carbocycles. The van der Waals surface area contributed by atoms with E-state index in [1.807, 2.05) is 30.3 Å². The standard InChI is InChI=1S/C21H17N5O2S/c1-11(27)22-21-24-16-9-7-13(10-17(16)29-21)23-20(28)19-15-8-6-12-4-2-3-5-14(12)18(15)25-26-19/h2-5,7,9-10H,6,8H2,1H3,(H,23,28)(H,25,26)(H,22,24,27). The van der Waals surface area contributed by atoms with E-state index in [0.717, 1.165) is 39.9 Å². The number of H-pyrrole nitrogens is 1. The first-order valence-corrected chi connectivity index (χ1v) is 10.0. The van der Waals surface area contributed by atoms with Crippen LogP contribution in [0, 0.1) is 0 Å². The molecule has 5 rings (SSSR count). The summed E-state index contributed by atoms with van der Waals surface area (Å²) in [5.41, 5.74) is 6.08. The molecule has 0 fully saturated rings. The summed E-state index contributed by atoms with van der Waals surface area (Å²) in [6.45, 7) is 1.45. The Morgan fingerprint density at radius 3 is 2.83 bits per heavy atom. The maximum Gasteiger partial charge on any atom is 0.273 e. The molecule has 7 nitrogen and oxygen atoms in total. The average molecular weight is 403 g/mol. The second-order valence-corrected chi connectivity index (χ2v) is 7.95. The largest absolute Gasteiger partial charge is 0.321 e. The lowest BCUT2D eigenvalue weighted by Crippen LogP contribution is -2.15. The number of fused-ring (bicyclic) bond motifs is 4. The van der Waals surface area contributed by atoms with Crippen LogP contribution >= 0.6 is 11.3 Å². The maximum atomic E-state index is 12.9. The van der Waals surface area contributed by atoms with E-state index in [0.29, 0.717) is 16.5 Å². The number of aromatic amines is 1. The molecule has 0 aliphatic heterocycles. The van der Waals surface area contributed by atoms with Crippen LogP contribution in [0.5, 0.6) is 0 Å². The van der Waals surface area contributed by atoms with Crippen molar-refractivity contribution in [2.45, 2.75) is 19.8 Å². The van der Waals surface area contributed by atoms with Gasteiger partial charge in [0.2, 0.25) is 5.91 Å². The normalized spacial score (nSPS) is 12.3. The number of carbonyl (C=O) groups excluding carboxylic acids is 2. The number of nitrogens with one attached hydrogen (secondary N) is 3. The van der Waals surface area contributed by atoms with Gasteiger partial charge in [0, 0.05) is 23.7 Å². The van der Waals surface area contributed by atoms with Gasteiger partial charge in [-0.2, -0.15) is 5.10 Å². The minimum absolute atomic E-state index is 0.164. The smallest absolute Gasteiger partial charge is 0.273 e. The topological polar surface area (TPSA) is 99.8 Å². The summed E-state index contributed by atoms with van der Waals surface area (Å²) in [6, 6.07) is 13.6. The van der Waals surface area contributed by atoms with Gasteiger partial charge in [-0.1, -0.05) is 35.6 Å². The van der Waals surface area contributed by atoms with Crippen LogP contribution < -0.4 is 10.6 Å². The lowest BCUT2D eigenvalue weighted by molar-refractivity contribution is -0.114. The van der Waals surface area contributed by atoms with E-state index in [-0.39, 0.29) is 11.8 Å². The zero-order chi connectivity index (χ0) is 20.0. The van der Waals surface area contributed by atoms with Crippen molar-refractivity contribution in [3.05, 3.63) is 59.3 Å². The first-order valence-electron chi connectivity index (χ1n) is 9.23. The number of aryl methyl sites for hydroxylation is 1. The Balaban J connectivity index is 1.41. The van der Waals surface area contributed by atoms with Crippen molar-refractivity contribution in [2.24, 2.45) is 0 Å². The first-order chi connectivity index (χ1) is 14.1. The lowest BCUT2D eigenvalue weighted by atomic mass is 9.89. The van der Waals surface area contributed by atoms with Gasteiger partial charge in [-0.05, 0) is 36.6 Å². The Hall–Kier alpha value is -3.52. The monoisotopic (exact) mass is 403 g/mol. The van der Waals surface area contributed by atoms with E-state index >= 15 is 0 Å². The zero-order valence-electron chi connectivity index (χ0n) is 15.6. The summed E-state index contributed by atoms with van der Waals surface area (Å²) in [5.74, 6) is -0.382. The molecule has 144 valence electrons. The number of benzene rings is 2. The van der Waals surface area contributed by atoms with E-state index in [9.17, 15) is 9.59 Å². The van der Waals surface area contributed by atoms with Gasteiger partial charge in [-0.25, -0.2) is 4.98 Å². The fourth-order valence-corrected chi connectivity index (χ4v) is 4.60. The molecule has 0 atom stereocenters. The molecule has 3 N–H and O–H groups in total. The number of amides is 2. The van der Waals surface area contributed by atoms with Crippen molar-refractivity contribution in [1.29, 1.82) is 0 Å². The van der Waals surface area contributed by atoms with E-state index in [4.69, 9.17) is 0 Å². The van der Waals surface area contributed by atoms with E-state index in [1.165, 1.54) is 23.8 Å². The number of aromatic nitrogens is 3. The third-order valence-corrected chi connectivity index (χ3v) is 5.87. The van der Waals surface area contributed by atoms with Crippen molar-refractivity contribution >= 4 is 44.2 Å². The first kappa shape index (κ1) is 17.6. The number of carbonyl (C=O) groups is 2. The van der Waals surface area contributed by atoms with Crippen LogP contribution in [0.25, 0.3) is 21.5 Å². The van der Waals surface area contributed by atoms with Gasteiger partial charge >= 0.3 is 0 Å². The van der Waals surface area contributed by atoms with Gasteiger partial charge in [0.1, 0.15) is 5.69 Å². The van der Waals surface area contributed by atoms with Crippen molar-refractivity contribution in [3.63, 3.8) is 0 Å². The lowest BCUT2D eigenvalue weighted by Gasteiger charge is -2.15. The van der Waals surface area contributed by atoms with Crippen molar-refractivity contribution in [3.8, 4) is 11.3 Å². The summed E-state index contributed by atoms with van der Waals surface area (Å²) in [6.07, 6.45) is 1.67. The molecule has 0 spiro atoms. The highest BCUT2D eigenvalue weighted by molar-refractivity contribution is 7.22. The number of nitrogens with zero attached hydrogens (tertiary/aromatic N) is 2. The van der Waals surface area contributed by atoms with E-state index in [1.54, 1.807) is 6.07 Å². The Morgan fingerprint density at radius 2 is 1.97 bits per heavy atom. The molecule has 0 radical (unpaired) electrons. The molecular weight excluding hydrogens is 386 g/mol. The summed E-state index contributed by atoms with van der Waals surface area (Å²) in [4.78, 5) is 28.5. The van der Waals surface area contributed by atoms with Gasteiger partial charge in [0.25, 0.3) is 5.91 Å². The molecule has 2 amide bonds. The maximum absolute atomic E-state index is 12.9. The summed E-state index contributed by atoms with van der Waals surface area (Å²) < 4.78 is 0.882. The number of hydrogen-bond acceptors (Lipinski definition) is 5. The van der Waals surface area contributed by atoms with E-state index < -0.39 is 0 Å². The SMILES string of the molecule is CC(=O)Nc1nc2ccc(NC(=O)c3[nH]nc4c3CCc3ccccc3-4)cc2s1. The van der Waals surface area contributed by atoms with Crippen molar-refractivity contribution < 1.29 is 9.59 Å². The van der Waals surface area contributed by atoms with Crippen LogP contribution in [0.1, 0.15) is 28.5 Å². The third-order valence-electron chi connectivity index (χ3n) is 4.94. The van der Waals surface area contributed by atoms with Crippen LogP contribution in [0.2, 0.25) is 0 Å². The highest BCUT2D eigenvalue weighted by atomic mass is 32.1. The molecular formula is C21H17N5O2S. The van der Waals surface area contributed by atoms with Crippen molar-refractivity contribution in [2.75, 3.05) is 10.6 Å². The number of anilines is 2. The molecule has 29 heavy (non-hydrogen) atoms. The fourth-order valence-electron chi connectivity index (χ4n) is 3.65. The molecule has 0 saturated heterocycles. The summed E-state index contributed by atoms with van der Waals surface area (Å²) >= 11 is 1.36. The second kappa shape index (κ2) is 6.82. The summed E-state index contributed by atoms with van der Waals surface area (Å²) in [7, 11) is 0. The van der Waals surface area contributed by atoms with Crippen LogP contribution in [-0.2, 0) is 17.6 Å². The Kier molecular flexibility index (Phi) is 4.13. The predicted octanol–water partition coefficient (Wildman–Crippen LogP) is 4.00. The van der Waals surface area contributed by atoms with E-state index in [2.05, 4.69) is 31.9 Å². The average Bonchev–Trinajstić information content (AvgIpc) is 3.30. The van der Waals surface area contributed by atoms with Crippen LogP contribution in [-0.4, -0.2) is 27.0 Å². The molecule has 2 heterocycles. The molecule has 0 saturated carbocycles. The number of hydrogen-bond donors (Lipinski definition) is 3. The molecule has 0 bridgehead atoms. The number of rotatable bonds is 3. The predicted molar refractivity (Wildman–Crippen MR) is 113 cm³/mol. The second-order valence-electron chi connectivity index (χ2n) is 6.92. The molecule has 2 aromatic heterocycles. The highest BCUT2D eigenvalue weighted by Crippen LogP contribution is 2.34. The third kappa shape index (κ3) is 3.17. The quantitative estimate of drug-likeness (QED) is 0.481. The van der Waals surface area contributed by atoms with Gasteiger partial charge < -0.3 is 10.6 Å². The minimum atomic E-state index is -0.218. The molecule has 1 aliphatic carbocycles. The Bertz CT molecular complexity index is 1270. The highest BCUT2D eigenvalue weighted by Gasteiger charge is 2.25. The van der Waals surface area contributed by atoms with Crippen LogP contribution in [0.3, 0.4) is 0 Å². The molecule has 8 heteroatoms. The van der Waals surface area contributed by atoms with Crippen LogP contribution in [0.4, 0.5) is 10.8 Å². The molecule has 4 aromatic rings. The molecule has 0 unspecified atom stereocenters. The van der Waals surface area contributed by atoms with Gasteiger partial charge in [0.05, 0.1) is 15.9 Å². The van der Waals surface area contributed by atoms with Crippen LogP contribution in [0.15, 0.2) is 42.5 Å². The summed E-state index contributed by atoms with van der Waals surface area (Å²) in [5, 5.41) is 13.5. The fraction of sp³-hybridized carbons (Fsp3) is 0.143. The Morgan fingerprint density at radius 1 is 1.10 bits per heavy atom. The van der Waals surface area contributed by atoms with Crippen molar-refractivity contribution in [1.82, 2.24) is 15.2 Å². The van der Waals surface area contributed by atoms with Gasteiger partial charge in [0.15, 0.2) is 5.13 Å². The minimum Gasteiger partial charge on any atom is -0.321 e. The number of thiazole rings is 1. The molecule has 1 aliphatic rings. The van der Waals surface area contributed by atoms with Gasteiger partial charge in [-0.3, -0.25) is 14.7 Å². The Labute approximate surface area is 170 Å². The zero-order valence-corrected chi connectivity index (χ0v) is 16.4.